The highest BCUT2D eigenvalue weighted by atomic mass is 16.5. The standard InChI is InChI=1S/C15H18N4O3/c1-21-14-5-4-11(9-15(14)22-2)8-13-12(10-16)17-18-19(13)6-3-7-20/h4-5,9,20H,3,6-8H2,1-2H3. The van der Waals surface area contributed by atoms with Crippen LogP contribution in [0.2, 0.25) is 0 Å². The zero-order chi connectivity index (χ0) is 15.9. The van der Waals surface area contributed by atoms with Crippen LogP contribution in [0.15, 0.2) is 18.2 Å². The van der Waals surface area contributed by atoms with E-state index in [0.29, 0.717) is 36.6 Å². The number of aliphatic hydroxyl groups excluding tert-OH is 1. The Hall–Kier alpha value is -2.59. The third-order valence-corrected chi connectivity index (χ3v) is 3.29. The van der Waals surface area contributed by atoms with Crippen LogP contribution in [0.25, 0.3) is 0 Å². The Kier molecular flexibility index (Phi) is 5.33. The van der Waals surface area contributed by atoms with Gasteiger partial charge in [-0.3, -0.25) is 0 Å². The molecule has 0 aliphatic rings. The van der Waals surface area contributed by atoms with Gasteiger partial charge in [-0.25, -0.2) is 4.68 Å². The smallest absolute Gasteiger partial charge is 0.186 e. The maximum atomic E-state index is 9.16. The maximum Gasteiger partial charge on any atom is 0.186 e. The number of aromatic nitrogens is 3. The number of nitriles is 1. The van der Waals surface area contributed by atoms with Crippen molar-refractivity contribution in [1.82, 2.24) is 15.0 Å². The predicted octanol–water partition coefficient (Wildman–Crippen LogP) is 1.14. The van der Waals surface area contributed by atoms with Crippen LogP contribution in [0.5, 0.6) is 11.5 Å². The second-order valence-electron chi connectivity index (χ2n) is 4.66. The Bertz CT molecular complexity index is 676. The van der Waals surface area contributed by atoms with Crippen molar-refractivity contribution in [2.75, 3.05) is 20.8 Å². The van der Waals surface area contributed by atoms with E-state index in [4.69, 9.17) is 19.8 Å². The fraction of sp³-hybridized carbons (Fsp3) is 0.400. The van der Waals surface area contributed by atoms with Crippen LogP contribution in [0, 0.1) is 11.3 Å². The highest BCUT2D eigenvalue weighted by Crippen LogP contribution is 2.28. The van der Waals surface area contributed by atoms with Gasteiger partial charge in [-0.05, 0) is 24.1 Å². The molecule has 0 spiro atoms. The van der Waals surface area contributed by atoms with Crippen molar-refractivity contribution >= 4 is 0 Å². The van der Waals surface area contributed by atoms with E-state index in [9.17, 15) is 0 Å². The molecular formula is C15H18N4O3. The number of hydrogen-bond donors (Lipinski definition) is 1. The van der Waals surface area contributed by atoms with Gasteiger partial charge in [0.15, 0.2) is 17.2 Å². The molecule has 1 N–H and O–H groups in total. The summed E-state index contributed by atoms with van der Waals surface area (Å²) in [4.78, 5) is 0. The van der Waals surface area contributed by atoms with Gasteiger partial charge < -0.3 is 14.6 Å². The molecular weight excluding hydrogens is 284 g/mol. The molecule has 0 amide bonds. The van der Waals surface area contributed by atoms with Crippen molar-refractivity contribution in [3.8, 4) is 17.6 Å². The summed E-state index contributed by atoms with van der Waals surface area (Å²) < 4.78 is 12.2. The van der Waals surface area contributed by atoms with Crippen LogP contribution < -0.4 is 9.47 Å². The van der Waals surface area contributed by atoms with Gasteiger partial charge in [0.2, 0.25) is 0 Å². The van der Waals surface area contributed by atoms with Gasteiger partial charge in [0.1, 0.15) is 6.07 Å². The largest absolute Gasteiger partial charge is 0.493 e. The molecule has 0 bridgehead atoms. The number of hydrogen-bond acceptors (Lipinski definition) is 6. The number of benzene rings is 1. The van der Waals surface area contributed by atoms with E-state index in [-0.39, 0.29) is 6.61 Å². The quantitative estimate of drug-likeness (QED) is 0.824. The van der Waals surface area contributed by atoms with Gasteiger partial charge in [-0.1, -0.05) is 11.3 Å². The maximum absolute atomic E-state index is 9.16. The molecule has 0 radical (unpaired) electrons. The van der Waals surface area contributed by atoms with Gasteiger partial charge in [0.25, 0.3) is 0 Å². The molecule has 7 heteroatoms. The summed E-state index contributed by atoms with van der Waals surface area (Å²) in [6, 6.07) is 7.65. The van der Waals surface area contributed by atoms with E-state index in [0.717, 1.165) is 11.3 Å². The normalized spacial score (nSPS) is 10.3. The predicted molar refractivity (Wildman–Crippen MR) is 78.8 cm³/mol. The fourth-order valence-corrected chi connectivity index (χ4v) is 2.18. The molecule has 1 heterocycles. The Morgan fingerprint density at radius 1 is 1.27 bits per heavy atom. The molecule has 0 fully saturated rings. The average molecular weight is 302 g/mol. The molecule has 0 unspecified atom stereocenters. The number of nitrogens with zero attached hydrogens (tertiary/aromatic N) is 4. The number of methoxy groups -OCH3 is 2. The SMILES string of the molecule is COc1ccc(Cc2c(C#N)nnn2CCCO)cc1OC. The first-order valence-corrected chi connectivity index (χ1v) is 6.87. The second-order valence-corrected chi connectivity index (χ2v) is 4.66. The van der Waals surface area contributed by atoms with Gasteiger partial charge >= 0.3 is 0 Å². The monoisotopic (exact) mass is 302 g/mol. The first-order chi connectivity index (χ1) is 10.7. The van der Waals surface area contributed by atoms with Crippen LogP contribution >= 0.6 is 0 Å². The molecule has 2 aromatic rings. The molecule has 1 aromatic heterocycles. The molecule has 0 saturated carbocycles. The van der Waals surface area contributed by atoms with Crippen molar-refractivity contribution in [1.29, 1.82) is 5.26 Å². The lowest BCUT2D eigenvalue weighted by atomic mass is 10.1. The highest BCUT2D eigenvalue weighted by Gasteiger charge is 2.14. The van der Waals surface area contributed by atoms with Gasteiger partial charge in [0.05, 0.1) is 19.9 Å². The topological polar surface area (TPSA) is 93.2 Å². The minimum Gasteiger partial charge on any atom is -0.493 e. The first-order valence-electron chi connectivity index (χ1n) is 6.87. The molecule has 116 valence electrons. The highest BCUT2D eigenvalue weighted by molar-refractivity contribution is 5.44. The van der Waals surface area contributed by atoms with E-state index in [1.165, 1.54) is 0 Å². The van der Waals surface area contributed by atoms with Crippen LogP contribution in [-0.2, 0) is 13.0 Å². The summed E-state index contributed by atoms with van der Waals surface area (Å²) in [5.41, 5.74) is 1.98. The zero-order valence-electron chi connectivity index (χ0n) is 12.6. The van der Waals surface area contributed by atoms with E-state index < -0.39 is 0 Å². The first kappa shape index (κ1) is 15.8. The number of rotatable bonds is 7. The Morgan fingerprint density at radius 3 is 2.68 bits per heavy atom. The average Bonchev–Trinajstić information content (AvgIpc) is 2.94. The lowest BCUT2D eigenvalue weighted by Crippen LogP contribution is -2.08. The van der Waals surface area contributed by atoms with Crippen molar-refractivity contribution in [3.63, 3.8) is 0 Å². The van der Waals surface area contributed by atoms with Crippen LogP contribution in [0.4, 0.5) is 0 Å². The van der Waals surface area contributed by atoms with Crippen molar-refractivity contribution in [3.05, 3.63) is 35.2 Å². The third-order valence-electron chi connectivity index (χ3n) is 3.29. The number of aliphatic hydroxyl groups is 1. The van der Waals surface area contributed by atoms with Crippen molar-refractivity contribution < 1.29 is 14.6 Å². The zero-order valence-corrected chi connectivity index (χ0v) is 12.6. The molecule has 0 atom stereocenters. The summed E-state index contributed by atoms with van der Waals surface area (Å²) in [6.45, 7) is 0.589. The molecule has 0 aliphatic heterocycles. The van der Waals surface area contributed by atoms with E-state index in [1.54, 1.807) is 18.9 Å². The molecule has 0 saturated heterocycles. The third kappa shape index (κ3) is 3.35. The Labute approximate surface area is 128 Å². The number of ether oxygens (including phenoxy) is 2. The van der Waals surface area contributed by atoms with Crippen molar-refractivity contribution in [2.24, 2.45) is 0 Å². The summed E-state index contributed by atoms with van der Waals surface area (Å²) in [6.07, 6.45) is 1.06. The summed E-state index contributed by atoms with van der Waals surface area (Å²) >= 11 is 0. The molecule has 22 heavy (non-hydrogen) atoms. The van der Waals surface area contributed by atoms with Crippen LogP contribution in [0.1, 0.15) is 23.4 Å². The van der Waals surface area contributed by atoms with E-state index >= 15 is 0 Å². The van der Waals surface area contributed by atoms with E-state index in [1.807, 2.05) is 18.2 Å². The second kappa shape index (κ2) is 7.43. The Morgan fingerprint density at radius 2 is 2.05 bits per heavy atom. The lowest BCUT2D eigenvalue weighted by Gasteiger charge is -2.10. The molecule has 0 aliphatic carbocycles. The van der Waals surface area contributed by atoms with E-state index in [2.05, 4.69) is 16.4 Å². The summed E-state index contributed by atoms with van der Waals surface area (Å²) in [7, 11) is 3.16. The summed E-state index contributed by atoms with van der Waals surface area (Å²) in [5, 5.41) is 25.9. The fourth-order valence-electron chi connectivity index (χ4n) is 2.18. The van der Waals surface area contributed by atoms with Crippen LogP contribution in [0.3, 0.4) is 0 Å². The van der Waals surface area contributed by atoms with Crippen molar-refractivity contribution in [2.45, 2.75) is 19.4 Å². The lowest BCUT2D eigenvalue weighted by molar-refractivity contribution is 0.275. The number of aryl methyl sites for hydroxylation is 1. The molecule has 2 rings (SSSR count). The molecule has 1 aromatic carbocycles. The van der Waals surface area contributed by atoms with Gasteiger partial charge in [-0.2, -0.15) is 5.26 Å². The molecule has 7 nitrogen and oxygen atoms in total. The van der Waals surface area contributed by atoms with Gasteiger partial charge in [0, 0.05) is 19.6 Å². The van der Waals surface area contributed by atoms with Crippen LogP contribution in [-0.4, -0.2) is 40.9 Å². The minimum absolute atomic E-state index is 0.0670. The minimum atomic E-state index is 0.0670. The summed E-state index contributed by atoms with van der Waals surface area (Å²) in [5.74, 6) is 1.28. The Balaban J connectivity index is 2.30. The van der Waals surface area contributed by atoms with Gasteiger partial charge in [-0.15, -0.1) is 5.10 Å².